The predicted molar refractivity (Wildman–Crippen MR) is 68.6 cm³/mol. The second-order valence-corrected chi connectivity index (χ2v) is 5.30. The maximum absolute atomic E-state index is 12.0. The third-order valence-electron chi connectivity index (χ3n) is 2.62. The lowest BCUT2D eigenvalue weighted by Gasteiger charge is -2.22. The van der Waals surface area contributed by atoms with Gasteiger partial charge in [-0.2, -0.15) is 0 Å². The molecule has 0 saturated carbocycles. The van der Waals surface area contributed by atoms with Crippen molar-refractivity contribution in [2.24, 2.45) is 5.73 Å². The summed E-state index contributed by atoms with van der Waals surface area (Å²) < 4.78 is 0. The molecule has 0 aromatic carbocycles. The highest BCUT2D eigenvalue weighted by Gasteiger charge is 2.30. The highest BCUT2D eigenvalue weighted by Crippen LogP contribution is 2.27. The molecule has 0 saturated heterocycles. The molecular weight excluding hydrogens is 220 g/mol. The average molecular weight is 240 g/mol. The fraction of sp³-hybridized carbons (Fsp3) is 0.583. The molecule has 0 spiro atoms. The van der Waals surface area contributed by atoms with Crippen LogP contribution in [0.4, 0.5) is 0 Å². The summed E-state index contributed by atoms with van der Waals surface area (Å²) in [6.07, 6.45) is 1.91. The summed E-state index contributed by atoms with van der Waals surface area (Å²) in [5, 5.41) is 4.96. The summed E-state index contributed by atoms with van der Waals surface area (Å²) in [4.78, 5) is 13.1. The summed E-state index contributed by atoms with van der Waals surface area (Å²) >= 11 is 1.62. The summed E-state index contributed by atoms with van der Waals surface area (Å²) in [5.41, 5.74) is 4.96. The first kappa shape index (κ1) is 13.2. The van der Waals surface area contributed by atoms with Crippen molar-refractivity contribution in [1.29, 1.82) is 0 Å². The van der Waals surface area contributed by atoms with Gasteiger partial charge in [0.15, 0.2) is 0 Å². The van der Waals surface area contributed by atoms with Gasteiger partial charge in [-0.25, -0.2) is 0 Å². The van der Waals surface area contributed by atoms with Gasteiger partial charge in [-0.1, -0.05) is 6.07 Å². The number of rotatable bonds is 6. The molecule has 1 aromatic rings. The van der Waals surface area contributed by atoms with Gasteiger partial charge in [0.05, 0.1) is 5.41 Å². The molecule has 1 heterocycles. The molecule has 3 N–H and O–H groups in total. The lowest BCUT2D eigenvalue weighted by Crippen LogP contribution is -2.40. The summed E-state index contributed by atoms with van der Waals surface area (Å²) in [6, 6.07) is 3.98. The Morgan fingerprint density at radius 3 is 2.81 bits per heavy atom. The van der Waals surface area contributed by atoms with Gasteiger partial charge in [-0.3, -0.25) is 4.79 Å². The van der Waals surface area contributed by atoms with Crippen molar-refractivity contribution in [3.05, 3.63) is 22.4 Å². The Kier molecular flexibility index (Phi) is 4.96. The van der Waals surface area contributed by atoms with E-state index in [0.29, 0.717) is 13.1 Å². The van der Waals surface area contributed by atoms with Crippen LogP contribution in [0.1, 0.15) is 31.6 Å². The quantitative estimate of drug-likeness (QED) is 0.746. The Balaban J connectivity index is 2.46. The van der Waals surface area contributed by atoms with E-state index in [1.165, 1.54) is 0 Å². The number of hydrogen-bond acceptors (Lipinski definition) is 3. The molecule has 1 rings (SSSR count). The summed E-state index contributed by atoms with van der Waals surface area (Å²) in [5.74, 6) is 0.0898. The number of amides is 1. The van der Waals surface area contributed by atoms with E-state index in [1.54, 1.807) is 11.3 Å². The predicted octanol–water partition coefficient (Wildman–Crippen LogP) is 1.88. The van der Waals surface area contributed by atoms with E-state index in [-0.39, 0.29) is 5.91 Å². The molecule has 90 valence electrons. The molecule has 0 bridgehead atoms. The van der Waals surface area contributed by atoms with Crippen LogP contribution in [0.25, 0.3) is 0 Å². The molecule has 0 aliphatic carbocycles. The van der Waals surface area contributed by atoms with Crippen molar-refractivity contribution in [3.63, 3.8) is 0 Å². The van der Waals surface area contributed by atoms with Crippen LogP contribution in [-0.2, 0) is 10.2 Å². The van der Waals surface area contributed by atoms with E-state index in [2.05, 4.69) is 5.32 Å². The number of hydrogen-bond donors (Lipinski definition) is 2. The van der Waals surface area contributed by atoms with Gasteiger partial charge < -0.3 is 11.1 Å². The second-order valence-electron chi connectivity index (χ2n) is 4.35. The SMILES string of the molecule is CC(C)(C(=O)NCCCCN)c1cccs1. The normalized spacial score (nSPS) is 11.4. The van der Waals surface area contributed by atoms with Gasteiger partial charge in [0.2, 0.25) is 5.91 Å². The van der Waals surface area contributed by atoms with Crippen LogP contribution in [0, 0.1) is 0 Å². The number of carbonyl (C=O) groups excluding carboxylic acids is 1. The number of carbonyl (C=O) groups is 1. The van der Waals surface area contributed by atoms with Crippen molar-refractivity contribution in [3.8, 4) is 0 Å². The van der Waals surface area contributed by atoms with Gasteiger partial charge >= 0.3 is 0 Å². The van der Waals surface area contributed by atoms with Crippen molar-refractivity contribution < 1.29 is 4.79 Å². The van der Waals surface area contributed by atoms with Gasteiger partial charge in [0.25, 0.3) is 0 Å². The molecule has 0 unspecified atom stereocenters. The largest absolute Gasteiger partial charge is 0.355 e. The molecule has 0 radical (unpaired) electrons. The minimum Gasteiger partial charge on any atom is -0.355 e. The molecule has 16 heavy (non-hydrogen) atoms. The van der Waals surface area contributed by atoms with Gasteiger partial charge in [-0.05, 0) is 44.7 Å². The Morgan fingerprint density at radius 1 is 1.50 bits per heavy atom. The van der Waals surface area contributed by atoms with Gasteiger partial charge in [-0.15, -0.1) is 11.3 Å². The first-order valence-corrected chi connectivity index (χ1v) is 6.49. The minimum absolute atomic E-state index is 0.0898. The van der Waals surface area contributed by atoms with Crippen LogP contribution in [0.15, 0.2) is 17.5 Å². The lowest BCUT2D eigenvalue weighted by atomic mass is 9.90. The maximum Gasteiger partial charge on any atom is 0.230 e. The van der Waals surface area contributed by atoms with E-state index >= 15 is 0 Å². The zero-order valence-corrected chi connectivity index (χ0v) is 10.8. The molecule has 1 amide bonds. The smallest absolute Gasteiger partial charge is 0.230 e. The molecular formula is C12H20N2OS. The third-order valence-corrected chi connectivity index (χ3v) is 3.81. The fourth-order valence-electron chi connectivity index (χ4n) is 1.44. The highest BCUT2D eigenvalue weighted by atomic mass is 32.1. The van der Waals surface area contributed by atoms with Crippen molar-refractivity contribution in [2.75, 3.05) is 13.1 Å². The Bertz CT molecular complexity index is 320. The van der Waals surface area contributed by atoms with Crippen LogP contribution in [0.3, 0.4) is 0 Å². The van der Waals surface area contributed by atoms with E-state index in [9.17, 15) is 4.79 Å². The first-order chi connectivity index (χ1) is 7.59. The molecule has 4 heteroatoms. The zero-order valence-electron chi connectivity index (χ0n) is 9.95. The number of thiophene rings is 1. The van der Waals surface area contributed by atoms with E-state index < -0.39 is 5.41 Å². The standard InChI is InChI=1S/C12H20N2OS/c1-12(2,10-6-5-9-16-10)11(15)14-8-4-3-7-13/h5-6,9H,3-4,7-8,13H2,1-2H3,(H,14,15). The molecule has 1 aromatic heterocycles. The zero-order chi connectivity index (χ0) is 12.0. The van der Waals surface area contributed by atoms with Crippen molar-refractivity contribution in [1.82, 2.24) is 5.32 Å². The number of unbranched alkanes of at least 4 members (excludes halogenated alkanes) is 1. The average Bonchev–Trinajstić information content (AvgIpc) is 2.77. The topological polar surface area (TPSA) is 55.1 Å². The van der Waals surface area contributed by atoms with Crippen LogP contribution in [-0.4, -0.2) is 19.0 Å². The van der Waals surface area contributed by atoms with Crippen LogP contribution >= 0.6 is 11.3 Å². The Hall–Kier alpha value is -0.870. The highest BCUT2D eigenvalue weighted by molar-refractivity contribution is 7.10. The molecule has 3 nitrogen and oxygen atoms in total. The Labute approximate surface area is 101 Å². The summed E-state index contributed by atoms with van der Waals surface area (Å²) in [7, 11) is 0. The van der Waals surface area contributed by atoms with E-state index in [1.807, 2.05) is 31.4 Å². The fourth-order valence-corrected chi connectivity index (χ4v) is 2.29. The molecule has 0 aliphatic heterocycles. The van der Waals surface area contributed by atoms with Crippen molar-refractivity contribution in [2.45, 2.75) is 32.1 Å². The maximum atomic E-state index is 12.0. The van der Waals surface area contributed by atoms with Crippen LogP contribution in [0.2, 0.25) is 0 Å². The van der Waals surface area contributed by atoms with E-state index in [4.69, 9.17) is 5.73 Å². The van der Waals surface area contributed by atoms with E-state index in [0.717, 1.165) is 17.7 Å². The Morgan fingerprint density at radius 2 is 2.25 bits per heavy atom. The lowest BCUT2D eigenvalue weighted by molar-refractivity contribution is -0.125. The molecule has 0 aliphatic rings. The van der Waals surface area contributed by atoms with Gasteiger partial charge in [0.1, 0.15) is 0 Å². The van der Waals surface area contributed by atoms with Crippen LogP contribution in [0.5, 0.6) is 0 Å². The first-order valence-electron chi connectivity index (χ1n) is 5.61. The minimum atomic E-state index is -0.434. The number of nitrogens with one attached hydrogen (secondary N) is 1. The number of nitrogens with two attached hydrogens (primary N) is 1. The molecule has 0 atom stereocenters. The third kappa shape index (κ3) is 3.32. The summed E-state index contributed by atoms with van der Waals surface area (Å²) in [6.45, 7) is 5.31. The van der Waals surface area contributed by atoms with Gasteiger partial charge in [0, 0.05) is 11.4 Å². The second kappa shape index (κ2) is 6.01. The van der Waals surface area contributed by atoms with Crippen molar-refractivity contribution >= 4 is 17.2 Å². The monoisotopic (exact) mass is 240 g/mol. The van der Waals surface area contributed by atoms with Crippen LogP contribution < -0.4 is 11.1 Å². The molecule has 0 fully saturated rings.